The number of hydrogen-bond acceptors (Lipinski definition) is 2. The molecule has 12 heavy (non-hydrogen) atoms. The minimum atomic E-state index is -0.435. The molecular weight excluding hydrogens is 320 g/mol. The molecule has 0 aromatic rings. The monoisotopic (exact) mass is 331 g/mol. The first kappa shape index (κ1) is 14.9. The van der Waals surface area contributed by atoms with E-state index in [2.05, 4.69) is 16.6 Å². The molecule has 2 nitrogen and oxygen atoms in total. The fourth-order valence-corrected chi connectivity index (χ4v) is 1.32. The Hall–Kier alpha value is 0.383. The van der Waals surface area contributed by atoms with Gasteiger partial charge in [-0.25, -0.2) is 0 Å². The van der Waals surface area contributed by atoms with Gasteiger partial charge < -0.3 is 0 Å². The van der Waals surface area contributed by atoms with E-state index >= 15 is 0 Å². The largest absolute Gasteiger partial charge is 0.107 e. The Morgan fingerprint density at radius 3 is 2.67 bits per heavy atom. The van der Waals surface area contributed by atoms with E-state index in [4.69, 9.17) is 0 Å². The fourth-order valence-electron chi connectivity index (χ4n) is 0.576. The zero-order valence-electron chi connectivity index (χ0n) is 7.26. The molecule has 0 fully saturated rings. The summed E-state index contributed by atoms with van der Waals surface area (Å²) in [6.07, 6.45) is 3.15. The standard InChI is InChI=1S/C8H11O2.HI.Zn/c1-3-4-5-6-7-8(9)10-2;;/h1,3-5H2,2H3;1H;. The number of carbonyl (C=O) groups excluding carboxylic acids is 1. The topological polar surface area (TPSA) is 26.3 Å². The van der Waals surface area contributed by atoms with E-state index < -0.39 is 5.97 Å². The molecule has 0 saturated carbocycles. The molecule has 0 aliphatic carbocycles. The number of ether oxygens (including phenoxy) is 1. The van der Waals surface area contributed by atoms with E-state index in [1.807, 2.05) is 0 Å². The van der Waals surface area contributed by atoms with Gasteiger partial charge in [0.25, 0.3) is 0 Å². The quantitative estimate of drug-likeness (QED) is 0.197. The van der Waals surface area contributed by atoms with Crippen LogP contribution in [0.3, 0.4) is 0 Å². The zero-order chi connectivity index (χ0) is 8.53. The third kappa shape index (κ3) is 10.4. The second-order valence-corrected chi connectivity index (χ2v) is 3.59. The van der Waals surface area contributed by atoms with Crippen molar-refractivity contribution in [1.82, 2.24) is 0 Å². The first-order chi connectivity index (χ1) is 5.31. The summed E-state index contributed by atoms with van der Waals surface area (Å²) in [6, 6.07) is 0. The number of carbonyl (C=O) groups is 1. The van der Waals surface area contributed by atoms with Crippen LogP contribution in [-0.4, -0.2) is 13.1 Å². The second kappa shape index (κ2) is 11.4. The number of unbranched alkanes of at least 4 members (excludes halogenated alkanes) is 2. The molecule has 4 heteroatoms. The van der Waals surface area contributed by atoms with E-state index in [-0.39, 0.29) is 24.0 Å². The second-order valence-electron chi connectivity index (χ2n) is 2.10. The van der Waals surface area contributed by atoms with Gasteiger partial charge in [0.1, 0.15) is 0 Å². The summed E-state index contributed by atoms with van der Waals surface area (Å²) in [5.41, 5.74) is 0. The van der Waals surface area contributed by atoms with Crippen molar-refractivity contribution in [1.29, 1.82) is 0 Å². The first-order valence-corrected chi connectivity index (χ1v) is 5.77. The van der Waals surface area contributed by atoms with Gasteiger partial charge in [-0.05, 0) is 0 Å². The van der Waals surface area contributed by atoms with Gasteiger partial charge in [0.05, 0.1) is 0 Å². The van der Waals surface area contributed by atoms with Crippen LogP contribution in [0.25, 0.3) is 0 Å². The van der Waals surface area contributed by atoms with Crippen molar-refractivity contribution >= 4 is 29.9 Å². The summed E-state index contributed by atoms with van der Waals surface area (Å²) in [4.78, 5) is 10.5. The van der Waals surface area contributed by atoms with Crippen LogP contribution in [0.15, 0.2) is 0 Å². The molecule has 0 aromatic carbocycles. The maximum absolute atomic E-state index is 10.5. The van der Waals surface area contributed by atoms with Crippen molar-refractivity contribution in [2.75, 3.05) is 7.11 Å². The van der Waals surface area contributed by atoms with Crippen LogP contribution in [0.2, 0.25) is 5.02 Å². The van der Waals surface area contributed by atoms with Gasteiger partial charge in [-0.1, -0.05) is 0 Å². The van der Waals surface area contributed by atoms with Gasteiger partial charge in [-0.2, -0.15) is 0 Å². The van der Waals surface area contributed by atoms with Crippen LogP contribution in [0.4, 0.5) is 0 Å². The van der Waals surface area contributed by atoms with E-state index in [9.17, 15) is 4.79 Å². The third-order valence-electron chi connectivity index (χ3n) is 1.18. The Labute approximate surface area is 101 Å². The van der Waals surface area contributed by atoms with E-state index in [1.165, 1.54) is 36.8 Å². The number of hydrogen-bond donors (Lipinski definition) is 0. The van der Waals surface area contributed by atoms with Crippen molar-refractivity contribution < 1.29 is 27.8 Å². The molecule has 0 heterocycles. The molecule has 0 rings (SSSR count). The average molecular weight is 332 g/mol. The first-order valence-electron chi connectivity index (χ1n) is 3.67. The van der Waals surface area contributed by atoms with Crippen LogP contribution in [0.5, 0.6) is 0 Å². The van der Waals surface area contributed by atoms with Gasteiger partial charge in [-0.15, -0.1) is 24.0 Å². The predicted octanol–water partition coefficient (Wildman–Crippen LogP) is 1.92. The van der Waals surface area contributed by atoms with Crippen LogP contribution in [0, 0.1) is 11.8 Å². The number of halogens is 1. The van der Waals surface area contributed by atoms with Crippen molar-refractivity contribution in [3.05, 3.63) is 0 Å². The SMILES string of the molecule is COC(=O)C#CCCC[CH2][Zn].I. The Kier molecular flexibility index (Phi) is 14.1. The van der Waals surface area contributed by atoms with Crippen LogP contribution < -0.4 is 0 Å². The molecule has 0 unspecified atom stereocenters. The Morgan fingerprint density at radius 1 is 1.50 bits per heavy atom. The molecule has 0 radical (unpaired) electrons. The molecule has 65 valence electrons. The minimum Gasteiger partial charge on any atom is -0.107 e. The summed E-state index contributed by atoms with van der Waals surface area (Å²) < 4.78 is 4.35. The van der Waals surface area contributed by atoms with Gasteiger partial charge in [0.15, 0.2) is 0 Å². The summed E-state index contributed by atoms with van der Waals surface area (Å²) in [5.74, 6) is 4.72. The Morgan fingerprint density at radius 2 is 2.17 bits per heavy atom. The van der Waals surface area contributed by atoms with Gasteiger partial charge in [0, 0.05) is 0 Å². The number of methoxy groups -OCH3 is 1. The molecule has 0 aliphatic rings. The van der Waals surface area contributed by atoms with Crippen molar-refractivity contribution in [2.24, 2.45) is 0 Å². The normalized spacial score (nSPS) is 7.58. The summed E-state index contributed by atoms with van der Waals surface area (Å²) in [5, 5.41) is 1.31. The van der Waals surface area contributed by atoms with Crippen LogP contribution >= 0.6 is 24.0 Å². The minimum absolute atomic E-state index is 0. The van der Waals surface area contributed by atoms with E-state index in [0.717, 1.165) is 12.8 Å². The molecule has 0 atom stereocenters. The van der Waals surface area contributed by atoms with Gasteiger partial charge in [-0.3, -0.25) is 0 Å². The Bertz CT molecular complexity index is 172. The zero-order valence-corrected chi connectivity index (χ0v) is 12.6. The summed E-state index contributed by atoms with van der Waals surface area (Å²) in [7, 11) is 1.34. The Balaban J connectivity index is 0. The van der Waals surface area contributed by atoms with E-state index in [0.29, 0.717) is 0 Å². The van der Waals surface area contributed by atoms with Crippen LogP contribution in [0.1, 0.15) is 19.3 Å². The molecule has 0 amide bonds. The number of esters is 1. The van der Waals surface area contributed by atoms with Gasteiger partial charge in [0.2, 0.25) is 0 Å². The van der Waals surface area contributed by atoms with Crippen molar-refractivity contribution in [2.45, 2.75) is 24.3 Å². The van der Waals surface area contributed by atoms with Crippen molar-refractivity contribution in [3.8, 4) is 11.8 Å². The van der Waals surface area contributed by atoms with E-state index in [1.54, 1.807) is 0 Å². The maximum atomic E-state index is 10.5. The summed E-state index contributed by atoms with van der Waals surface area (Å²) in [6.45, 7) is 0. The average Bonchev–Trinajstić information content (AvgIpc) is 2.04. The van der Waals surface area contributed by atoms with Gasteiger partial charge >= 0.3 is 77.0 Å². The molecule has 0 bridgehead atoms. The van der Waals surface area contributed by atoms with Crippen molar-refractivity contribution in [3.63, 3.8) is 0 Å². The molecule has 0 aliphatic heterocycles. The van der Waals surface area contributed by atoms with Crippen LogP contribution in [-0.2, 0) is 27.8 Å². The molecular formula is C8H12IO2Zn. The molecule has 0 saturated heterocycles. The molecule has 0 aromatic heterocycles. The molecule has 0 N–H and O–H groups in total. The third-order valence-corrected chi connectivity index (χ3v) is 2.23. The maximum Gasteiger partial charge on any atom is -0.107 e. The predicted molar refractivity (Wildman–Crippen MR) is 53.9 cm³/mol. The summed E-state index contributed by atoms with van der Waals surface area (Å²) >= 11 is 1.35. The smallest absolute Gasteiger partial charge is 0.107 e. The fraction of sp³-hybridized carbons (Fsp3) is 0.625. The number of rotatable bonds is 3. The molecule has 0 spiro atoms.